The molecule has 0 aliphatic rings. The Balaban J connectivity index is 3.21. The van der Waals surface area contributed by atoms with Crippen molar-refractivity contribution in [3.63, 3.8) is 0 Å². The van der Waals surface area contributed by atoms with E-state index in [1.807, 2.05) is 0 Å². The lowest BCUT2D eigenvalue weighted by Gasteiger charge is -2.10. The summed E-state index contributed by atoms with van der Waals surface area (Å²) in [6.07, 6.45) is 1.42. The quantitative estimate of drug-likeness (QED) is 0.555. The summed E-state index contributed by atoms with van der Waals surface area (Å²) in [7, 11) is 4.32. The van der Waals surface area contributed by atoms with Gasteiger partial charge in [-0.15, -0.1) is 0 Å². The van der Waals surface area contributed by atoms with E-state index in [9.17, 15) is 0 Å². The number of hydrogen-bond acceptors (Lipinski definition) is 1. The number of hydrogen-bond donors (Lipinski definition) is 0. The second kappa shape index (κ2) is 7.16. The van der Waals surface area contributed by atoms with Gasteiger partial charge in [0.1, 0.15) is 0 Å². The average molecular weight is 171 g/mol. The van der Waals surface area contributed by atoms with Crippen molar-refractivity contribution in [3.05, 3.63) is 0 Å². The number of rotatable bonds is 6. The minimum atomic E-state index is -0.278. The Kier molecular flexibility index (Phi) is 7.48. The highest BCUT2D eigenvalue weighted by Crippen LogP contribution is 2.07. The fraction of sp³-hybridized carbons (Fsp3) is 1.00. The fourth-order valence-electron chi connectivity index (χ4n) is 1.39. The minimum absolute atomic E-state index is 0.278. The van der Waals surface area contributed by atoms with E-state index in [4.69, 9.17) is 0 Å². The van der Waals surface area contributed by atoms with E-state index in [1.54, 1.807) is 5.28 Å². The first-order chi connectivity index (χ1) is 5.20. The first-order valence-corrected chi connectivity index (χ1v) is 7.30. The van der Waals surface area contributed by atoms with Crippen LogP contribution in [0.2, 0.25) is 15.8 Å². The molecule has 0 N–H and O–H groups in total. The van der Waals surface area contributed by atoms with Crippen molar-refractivity contribution in [1.82, 2.24) is 4.90 Å². The summed E-state index contributed by atoms with van der Waals surface area (Å²) in [6.45, 7) is 6.00. The molecule has 0 spiro atoms. The van der Waals surface area contributed by atoms with Crippen molar-refractivity contribution in [3.8, 4) is 0 Å². The molecule has 0 saturated carbocycles. The van der Waals surface area contributed by atoms with Crippen LogP contribution in [0.4, 0.5) is 0 Å². The number of nitrogens with zero attached hydrogens (tertiary/aromatic N) is 1. The third-order valence-corrected chi connectivity index (χ3v) is 5.91. The van der Waals surface area contributed by atoms with Crippen LogP contribution in [0.25, 0.3) is 0 Å². The Bertz CT molecular complexity index is 79.6. The Hall–Kier alpha value is 0.492. The van der Waals surface area contributed by atoms with Crippen LogP contribution in [0.3, 0.4) is 0 Å². The lowest BCUT2D eigenvalue weighted by Crippen LogP contribution is -2.16. The highest BCUT2D eigenvalue weighted by Gasteiger charge is 2.10. The van der Waals surface area contributed by atoms with Gasteiger partial charge in [0.05, 0.1) is 0 Å². The summed E-state index contributed by atoms with van der Waals surface area (Å²) in [5, 5.41) is 4.53. The van der Waals surface area contributed by atoms with Crippen LogP contribution in [0.15, 0.2) is 0 Å². The van der Waals surface area contributed by atoms with Gasteiger partial charge in [-0.2, -0.15) is 0 Å². The van der Waals surface area contributed by atoms with E-state index < -0.39 is 0 Å². The van der Waals surface area contributed by atoms with Gasteiger partial charge in [0.25, 0.3) is 14.1 Å². The summed E-state index contributed by atoms with van der Waals surface area (Å²) < 4.78 is 0. The zero-order chi connectivity index (χ0) is 8.69. The molecular formula is C9H22AlN. The van der Waals surface area contributed by atoms with Crippen molar-refractivity contribution in [2.75, 3.05) is 20.6 Å². The normalized spacial score (nSPS) is 10.6. The van der Waals surface area contributed by atoms with Crippen molar-refractivity contribution in [1.29, 1.82) is 0 Å². The van der Waals surface area contributed by atoms with E-state index in [-0.39, 0.29) is 14.1 Å². The van der Waals surface area contributed by atoms with Crippen LogP contribution in [0, 0.1) is 0 Å². The minimum Gasteiger partial charge on any atom is -0.309 e. The molecule has 0 atom stereocenters. The average Bonchev–Trinajstić information content (AvgIpc) is 1.98. The van der Waals surface area contributed by atoms with Crippen molar-refractivity contribution in [2.24, 2.45) is 0 Å². The van der Waals surface area contributed by atoms with Gasteiger partial charge < -0.3 is 4.90 Å². The van der Waals surface area contributed by atoms with Gasteiger partial charge in [-0.1, -0.05) is 36.1 Å². The molecule has 11 heavy (non-hydrogen) atoms. The molecule has 0 heterocycles. The van der Waals surface area contributed by atoms with Crippen LogP contribution in [0.1, 0.15) is 20.3 Å². The van der Waals surface area contributed by atoms with Gasteiger partial charge in [0.15, 0.2) is 0 Å². The molecule has 0 fully saturated rings. The Labute approximate surface area is 76.2 Å². The van der Waals surface area contributed by atoms with Crippen LogP contribution in [0.5, 0.6) is 0 Å². The van der Waals surface area contributed by atoms with Crippen LogP contribution < -0.4 is 0 Å². The molecule has 0 radical (unpaired) electrons. The van der Waals surface area contributed by atoms with E-state index >= 15 is 0 Å². The molecule has 2 heteroatoms. The first-order valence-electron chi connectivity index (χ1n) is 4.85. The van der Waals surface area contributed by atoms with Gasteiger partial charge >= 0.3 is 0 Å². The predicted molar refractivity (Wildman–Crippen MR) is 54.7 cm³/mol. The third-order valence-electron chi connectivity index (χ3n) is 2.37. The van der Waals surface area contributed by atoms with Crippen LogP contribution in [-0.2, 0) is 0 Å². The van der Waals surface area contributed by atoms with Gasteiger partial charge in [-0.3, -0.25) is 0 Å². The molecule has 0 aliphatic heterocycles. The molecule has 0 aromatic rings. The molecule has 0 amide bonds. The third kappa shape index (κ3) is 6.87. The van der Waals surface area contributed by atoms with Crippen LogP contribution >= 0.6 is 0 Å². The van der Waals surface area contributed by atoms with Crippen molar-refractivity contribution >= 4 is 14.1 Å². The van der Waals surface area contributed by atoms with Gasteiger partial charge in [0.2, 0.25) is 0 Å². The second-order valence-electron chi connectivity index (χ2n) is 3.63. The molecule has 0 rings (SSSR count). The molecule has 0 aliphatic carbocycles. The van der Waals surface area contributed by atoms with Gasteiger partial charge in [0, 0.05) is 0 Å². The zero-order valence-corrected chi connectivity index (χ0v) is 9.71. The molecule has 0 bridgehead atoms. The lowest BCUT2D eigenvalue weighted by molar-refractivity contribution is 0.408. The first kappa shape index (κ1) is 11.5. The maximum absolute atomic E-state index is 2.36. The Morgan fingerprint density at radius 1 is 1.09 bits per heavy atom. The van der Waals surface area contributed by atoms with Gasteiger partial charge in [-0.25, -0.2) is 0 Å². The molecule has 1 nitrogen and oxygen atoms in total. The topological polar surface area (TPSA) is 3.24 Å². The lowest BCUT2D eigenvalue weighted by atomic mass is 10.5. The summed E-state index contributed by atoms with van der Waals surface area (Å²) in [6, 6.07) is 0. The standard InChI is InChI=1S/C5H12N.2C2H5.Al/c1-4-5-6(2)3;2*1-2;/h1,4-5H2,2-3H3;2*1H2,2H3;. The predicted octanol–water partition coefficient (Wildman–Crippen LogP) is 2.47. The molecule has 0 unspecified atom stereocenters. The molecule has 0 saturated heterocycles. The molecular weight excluding hydrogens is 149 g/mol. The van der Waals surface area contributed by atoms with E-state index in [1.165, 1.54) is 23.5 Å². The van der Waals surface area contributed by atoms with Crippen molar-refractivity contribution < 1.29 is 0 Å². The molecule has 0 aromatic carbocycles. The highest BCUT2D eigenvalue weighted by molar-refractivity contribution is 6.58. The summed E-state index contributed by atoms with van der Waals surface area (Å²) in [5.41, 5.74) is 0. The second-order valence-corrected chi connectivity index (χ2v) is 7.57. The van der Waals surface area contributed by atoms with E-state index in [2.05, 4.69) is 32.8 Å². The molecule has 0 aromatic heterocycles. The van der Waals surface area contributed by atoms with Gasteiger partial charge in [-0.05, 0) is 20.6 Å². The maximum atomic E-state index is 2.36. The van der Waals surface area contributed by atoms with E-state index in [0.29, 0.717) is 0 Å². The Morgan fingerprint density at radius 3 is 2.00 bits per heavy atom. The SMILES string of the molecule is C[CH2][Al]([CH2]C)[CH2]CCN(C)C. The summed E-state index contributed by atoms with van der Waals surface area (Å²) in [4.78, 5) is 2.29. The van der Waals surface area contributed by atoms with E-state index in [0.717, 1.165) is 0 Å². The smallest absolute Gasteiger partial charge is 0.261 e. The summed E-state index contributed by atoms with van der Waals surface area (Å²) >= 11 is -0.278. The van der Waals surface area contributed by atoms with Crippen LogP contribution in [-0.4, -0.2) is 39.7 Å². The monoisotopic (exact) mass is 171 g/mol. The summed E-state index contributed by atoms with van der Waals surface area (Å²) in [5.74, 6) is 0. The largest absolute Gasteiger partial charge is 0.309 e. The Morgan fingerprint density at radius 2 is 1.64 bits per heavy atom. The van der Waals surface area contributed by atoms with Crippen molar-refractivity contribution in [2.45, 2.75) is 36.1 Å². The zero-order valence-electron chi connectivity index (χ0n) is 8.56. The fourth-order valence-corrected chi connectivity index (χ4v) is 3.55. The molecule has 66 valence electrons. The maximum Gasteiger partial charge on any atom is 0.261 e. The highest BCUT2D eigenvalue weighted by atomic mass is 27.2.